The molecule has 5 aromatic rings. The highest BCUT2D eigenvalue weighted by Crippen LogP contribution is 2.30. The highest BCUT2D eigenvalue weighted by molar-refractivity contribution is 6.76. The monoisotopic (exact) mass is 744 g/mol. The lowest BCUT2D eigenvalue weighted by Crippen LogP contribution is -2.44. The number of ether oxygens (including phenoxy) is 3. The number of hydrogen-bond acceptors (Lipinski definition) is 12. The summed E-state index contributed by atoms with van der Waals surface area (Å²) in [6.07, 6.45) is 0.00799. The number of aromatic hydroxyl groups is 1. The van der Waals surface area contributed by atoms with Crippen LogP contribution in [0.2, 0.25) is 19.6 Å². The first-order valence-electron chi connectivity index (χ1n) is 17.3. The van der Waals surface area contributed by atoms with Crippen LogP contribution in [-0.2, 0) is 20.9 Å². The van der Waals surface area contributed by atoms with Gasteiger partial charge in [0.25, 0.3) is 5.56 Å². The number of nitrogens with one attached hydrogen (secondary N) is 1. The number of nitrogens with zero attached hydrogens (tertiary/aromatic N) is 7. The molecule has 3 aromatic heterocycles. The standard InChI is InChI=1S/C37H48N8O7Si/c1-22-14-12-17-26-27(22)32(47)44(24-15-13-16-25(46)18-24)30(40-26)23(2)39-29-28-31(43(19-38-28)20-50-21-53(9,10)11)42-33(41-29)45(34(48)51-36(3,4)5)35(49)52-37(6,7)8/h12-19,23,46H,20-21H2,1-11H3,(H,39,41,42). The van der Waals surface area contributed by atoms with Crippen molar-refractivity contribution in [1.82, 2.24) is 29.1 Å². The van der Waals surface area contributed by atoms with Gasteiger partial charge in [0.1, 0.15) is 29.5 Å². The molecule has 0 spiro atoms. The largest absolute Gasteiger partial charge is 0.508 e. The number of aryl methyl sites for hydroxylation is 1. The number of amides is 2. The van der Waals surface area contributed by atoms with Gasteiger partial charge in [-0.05, 0) is 79.2 Å². The number of benzene rings is 2. The Morgan fingerprint density at radius 2 is 1.60 bits per heavy atom. The molecule has 2 N–H and O–H groups in total. The molecule has 5 rings (SSSR count). The lowest BCUT2D eigenvalue weighted by atomic mass is 10.1. The van der Waals surface area contributed by atoms with Gasteiger partial charge in [-0.1, -0.05) is 37.8 Å². The van der Waals surface area contributed by atoms with Crippen LogP contribution < -0.4 is 15.8 Å². The van der Waals surface area contributed by atoms with E-state index in [4.69, 9.17) is 19.2 Å². The van der Waals surface area contributed by atoms with Crippen LogP contribution in [0.3, 0.4) is 0 Å². The molecule has 3 heterocycles. The first-order chi connectivity index (χ1) is 24.6. The SMILES string of the molecule is Cc1cccc2nc(C(C)Nc3nc(N(C(=O)OC(C)(C)C)C(=O)OC(C)(C)C)nc4c3ncn4COC[Si](C)(C)C)n(-c3cccc(O)c3)c(=O)c12. The molecule has 0 aliphatic rings. The van der Waals surface area contributed by atoms with E-state index in [9.17, 15) is 19.5 Å². The Labute approximate surface area is 309 Å². The van der Waals surface area contributed by atoms with Crippen LogP contribution in [0.5, 0.6) is 5.75 Å². The Kier molecular flexibility index (Phi) is 10.7. The van der Waals surface area contributed by atoms with Crippen LogP contribution in [0.25, 0.3) is 27.8 Å². The highest BCUT2D eigenvalue weighted by Gasteiger charge is 2.36. The zero-order chi connectivity index (χ0) is 39.0. The quantitative estimate of drug-likeness (QED) is 0.145. The van der Waals surface area contributed by atoms with E-state index in [1.165, 1.54) is 23.0 Å². The van der Waals surface area contributed by atoms with Crippen molar-refractivity contribution in [2.75, 3.05) is 16.4 Å². The fraction of sp³-hybridized carbons (Fsp3) is 0.432. The molecule has 53 heavy (non-hydrogen) atoms. The summed E-state index contributed by atoms with van der Waals surface area (Å²) in [5.74, 6) is 0.0510. The topological polar surface area (TPSA) is 176 Å². The minimum absolute atomic E-state index is 0.0285. The third-order valence-electron chi connectivity index (χ3n) is 7.53. The molecule has 1 unspecified atom stereocenters. The number of rotatable bonds is 9. The van der Waals surface area contributed by atoms with Crippen molar-refractivity contribution in [3.05, 3.63) is 70.5 Å². The molecule has 0 fully saturated rings. The van der Waals surface area contributed by atoms with Crippen molar-refractivity contribution in [2.24, 2.45) is 0 Å². The molecular weight excluding hydrogens is 697 g/mol. The molecule has 0 aliphatic carbocycles. The van der Waals surface area contributed by atoms with E-state index in [2.05, 4.69) is 39.9 Å². The van der Waals surface area contributed by atoms with Crippen LogP contribution in [0.1, 0.15) is 65.9 Å². The number of anilines is 2. The molecule has 16 heteroatoms. The van der Waals surface area contributed by atoms with E-state index in [1.807, 2.05) is 19.1 Å². The van der Waals surface area contributed by atoms with Gasteiger partial charge in [-0.3, -0.25) is 13.9 Å². The van der Waals surface area contributed by atoms with Crippen LogP contribution in [-0.4, -0.2) is 71.9 Å². The van der Waals surface area contributed by atoms with E-state index < -0.39 is 37.5 Å². The number of hydrogen-bond donors (Lipinski definition) is 2. The Balaban J connectivity index is 1.70. The Morgan fingerprint density at radius 3 is 2.21 bits per heavy atom. The van der Waals surface area contributed by atoms with E-state index >= 15 is 0 Å². The zero-order valence-electron chi connectivity index (χ0n) is 32.1. The number of imidazole rings is 1. The van der Waals surface area contributed by atoms with Crippen molar-refractivity contribution >= 4 is 54.1 Å². The summed E-state index contributed by atoms with van der Waals surface area (Å²) in [7, 11) is -1.58. The van der Waals surface area contributed by atoms with Gasteiger partial charge in [-0.25, -0.2) is 19.6 Å². The van der Waals surface area contributed by atoms with Gasteiger partial charge >= 0.3 is 12.2 Å². The fourth-order valence-corrected chi connectivity index (χ4v) is 6.09. The van der Waals surface area contributed by atoms with Gasteiger partial charge in [0.2, 0.25) is 5.95 Å². The molecule has 2 amide bonds. The van der Waals surface area contributed by atoms with Crippen molar-refractivity contribution in [3.63, 3.8) is 0 Å². The van der Waals surface area contributed by atoms with Crippen LogP contribution in [0.4, 0.5) is 21.4 Å². The van der Waals surface area contributed by atoms with E-state index in [-0.39, 0.29) is 35.5 Å². The number of imide groups is 1. The predicted molar refractivity (Wildman–Crippen MR) is 205 cm³/mol. The Hall–Kier alpha value is -5.35. The first kappa shape index (κ1) is 38.9. The van der Waals surface area contributed by atoms with Gasteiger partial charge in [-0.15, -0.1) is 4.90 Å². The summed E-state index contributed by atoms with van der Waals surface area (Å²) in [4.78, 5) is 61.0. The summed E-state index contributed by atoms with van der Waals surface area (Å²) < 4.78 is 20.4. The predicted octanol–water partition coefficient (Wildman–Crippen LogP) is 7.24. The fourth-order valence-electron chi connectivity index (χ4n) is 5.39. The third kappa shape index (κ3) is 9.18. The Morgan fingerprint density at radius 1 is 0.962 bits per heavy atom. The van der Waals surface area contributed by atoms with Gasteiger partial charge in [0.15, 0.2) is 17.0 Å². The molecule has 0 aliphatic heterocycles. The normalized spacial score (nSPS) is 12.9. The van der Waals surface area contributed by atoms with Crippen LogP contribution in [0, 0.1) is 6.92 Å². The van der Waals surface area contributed by atoms with Crippen LogP contribution >= 0.6 is 0 Å². The second kappa shape index (κ2) is 14.6. The number of carbonyl (C=O) groups is 2. The summed E-state index contributed by atoms with van der Waals surface area (Å²) in [6.45, 7) is 20.3. The van der Waals surface area contributed by atoms with E-state index in [0.29, 0.717) is 39.1 Å². The van der Waals surface area contributed by atoms with Gasteiger partial charge in [0.05, 0.1) is 37.0 Å². The molecule has 282 valence electrons. The zero-order valence-corrected chi connectivity index (χ0v) is 33.1. The second-order valence-corrected chi connectivity index (χ2v) is 21.5. The Bertz CT molecular complexity index is 2200. The van der Waals surface area contributed by atoms with Crippen molar-refractivity contribution in [1.29, 1.82) is 0 Å². The molecule has 1 atom stereocenters. The smallest absolute Gasteiger partial charge is 0.427 e. The van der Waals surface area contributed by atoms with E-state index in [0.717, 1.165) is 5.56 Å². The number of fused-ring (bicyclic) bond motifs is 2. The minimum Gasteiger partial charge on any atom is -0.508 e. The first-order valence-corrected chi connectivity index (χ1v) is 21.0. The molecule has 0 radical (unpaired) electrons. The average Bonchev–Trinajstić information content (AvgIpc) is 3.41. The maximum atomic E-state index is 14.2. The number of phenolic OH excluding ortho intramolecular Hbond substituents is 1. The molecule has 0 bridgehead atoms. The molecular formula is C37H48N8O7Si. The summed E-state index contributed by atoms with van der Waals surface area (Å²) in [5, 5.41) is 14.1. The number of aromatic nitrogens is 6. The second-order valence-electron chi connectivity index (χ2n) is 16.1. The number of phenols is 1. The van der Waals surface area contributed by atoms with Gasteiger partial charge in [-0.2, -0.15) is 9.97 Å². The summed E-state index contributed by atoms with van der Waals surface area (Å²) in [5.41, 5.74) is -0.102. The maximum Gasteiger partial charge on any atom is 0.427 e. The molecule has 2 aromatic carbocycles. The third-order valence-corrected chi connectivity index (χ3v) is 8.60. The van der Waals surface area contributed by atoms with Gasteiger partial charge < -0.3 is 24.6 Å². The molecule has 15 nitrogen and oxygen atoms in total. The summed E-state index contributed by atoms with van der Waals surface area (Å²) in [6, 6.07) is 11.0. The van der Waals surface area contributed by atoms with Gasteiger partial charge in [0, 0.05) is 12.3 Å². The van der Waals surface area contributed by atoms with Crippen molar-refractivity contribution in [2.45, 2.75) is 99.0 Å². The lowest BCUT2D eigenvalue weighted by Gasteiger charge is -2.28. The minimum atomic E-state index is -1.58. The average molecular weight is 745 g/mol. The molecule has 0 saturated carbocycles. The maximum absolute atomic E-state index is 14.2. The number of carbonyl (C=O) groups excluding carboxylic acids is 2. The van der Waals surface area contributed by atoms with Crippen molar-refractivity contribution in [3.8, 4) is 11.4 Å². The molecule has 0 saturated heterocycles. The highest BCUT2D eigenvalue weighted by atomic mass is 28.3. The van der Waals surface area contributed by atoms with Crippen LogP contribution in [0.15, 0.2) is 53.6 Å². The van der Waals surface area contributed by atoms with E-state index in [1.54, 1.807) is 71.2 Å². The lowest BCUT2D eigenvalue weighted by molar-refractivity contribution is 0.0427. The summed E-state index contributed by atoms with van der Waals surface area (Å²) >= 11 is 0. The van der Waals surface area contributed by atoms with Crippen molar-refractivity contribution < 1.29 is 28.9 Å².